The molecule has 2 aromatic carbocycles. The van der Waals surface area contributed by atoms with E-state index in [1.54, 1.807) is 7.11 Å². The van der Waals surface area contributed by atoms with Gasteiger partial charge in [0.2, 0.25) is 0 Å². The lowest BCUT2D eigenvalue weighted by Crippen LogP contribution is -2.03. The van der Waals surface area contributed by atoms with Crippen molar-refractivity contribution in [2.75, 3.05) is 12.4 Å². The van der Waals surface area contributed by atoms with E-state index in [2.05, 4.69) is 75.3 Å². The van der Waals surface area contributed by atoms with E-state index in [0.717, 1.165) is 25.9 Å². The number of benzene rings is 2. The fourth-order valence-corrected chi connectivity index (χ4v) is 3.65. The van der Waals surface area contributed by atoms with Crippen LogP contribution in [0.5, 0.6) is 5.75 Å². The minimum atomic E-state index is 0.713. The van der Waals surface area contributed by atoms with Crippen LogP contribution in [0.1, 0.15) is 16.7 Å². The zero-order valence-electron chi connectivity index (χ0n) is 11.8. The Bertz CT molecular complexity index is 626. The Kier molecular flexibility index (Phi) is 5.11. The summed E-state index contributed by atoms with van der Waals surface area (Å²) in [6.07, 6.45) is 0. The number of ether oxygens (including phenoxy) is 1. The van der Waals surface area contributed by atoms with Crippen molar-refractivity contribution in [1.29, 1.82) is 0 Å². The first kappa shape index (κ1) is 15.4. The summed E-state index contributed by atoms with van der Waals surface area (Å²) in [5.74, 6) is 0.866. The second-order valence-electron chi connectivity index (χ2n) is 4.75. The lowest BCUT2D eigenvalue weighted by Gasteiger charge is -2.14. The number of aryl methyl sites for hydroxylation is 2. The number of nitrogens with one attached hydrogen (secondary N) is 1. The van der Waals surface area contributed by atoms with E-state index in [1.165, 1.54) is 11.1 Å². The van der Waals surface area contributed by atoms with Crippen LogP contribution < -0.4 is 10.1 Å². The summed E-state index contributed by atoms with van der Waals surface area (Å²) in [6, 6.07) is 10.5. The molecule has 4 heteroatoms. The molecule has 2 aromatic rings. The van der Waals surface area contributed by atoms with Crippen molar-refractivity contribution < 1.29 is 4.74 Å². The zero-order chi connectivity index (χ0) is 14.7. The average Bonchev–Trinajstić information content (AvgIpc) is 2.37. The van der Waals surface area contributed by atoms with Crippen LogP contribution in [0.25, 0.3) is 0 Å². The number of hydrogen-bond donors (Lipinski definition) is 1. The molecule has 20 heavy (non-hydrogen) atoms. The Labute approximate surface area is 136 Å². The van der Waals surface area contributed by atoms with Crippen LogP contribution in [0.4, 0.5) is 5.69 Å². The first-order chi connectivity index (χ1) is 9.51. The number of rotatable bonds is 4. The molecule has 0 aliphatic carbocycles. The highest BCUT2D eigenvalue weighted by atomic mass is 79.9. The monoisotopic (exact) mass is 397 g/mol. The van der Waals surface area contributed by atoms with Gasteiger partial charge in [0.15, 0.2) is 0 Å². The molecular formula is C16H17Br2NO. The van der Waals surface area contributed by atoms with Crippen molar-refractivity contribution in [3.63, 3.8) is 0 Å². The van der Waals surface area contributed by atoms with Gasteiger partial charge in [0.1, 0.15) is 5.75 Å². The number of anilines is 1. The Morgan fingerprint density at radius 2 is 1.85 bits per heavy atom. The topological polar surface area (TPSA) is 21.3 Å². The first-order valence-corrected chi connectivity index (χ1v) is 7.93. The predicted octanol–water partition coefficient (Wildman–Crippen LogP) is 5.45. The summed E-state index contributed by atoms with van der Waals surface area (Å²) in [6.45, 7) is 4.93. The Balaban J connectivity index is 2.22. The molecule has 0 radical (unpaired) electrons. The maximum Gasteiger partial charge on any atom is 0.138 e. The van der Waals surface area contributed by atoms with Crippen molar-refractivity contribution in [1.82, 2.24) is 0 Å². The molecule has 0 bridgehead atoms. The average molecular weight is 399 g/mol. The van der Waals surface area contributed by atoms with Crippen LogP contribution in [-0.2, 0) is 6.54 Å². The fraction of sp³-hybridized carbons (Fsp3) is 0.250. The third-order valence-corrected chi connectivity index (χ3v) is 4.19. The summed E-state index contributed by atoms with van der Waals surface area (Å²) >= 11 is 7.04. The third-order valence-electron chi connectivity index (χ3n) is 3.14. The normalized spacial score (nSPS) is 10.4. The van der Waals surface area contributed by atoms with Crippen LogP contribution in [-0.4, -0.2) is 7.11 Å². The largest absolute Gasteiger partial charge is 0.495 e. The molecule has 0 saturated carbocycles. The Morgan fingerprint density at radius 3 is 2.50 bits per heavy atom. The molecule has 0 spiro atoms. The van der Waals surface area contributed by atoms with Gasteiger partial charge in [0, 0.05) is 22.3 Å². The van der Waals surface area contributed by atoms with E-state index in [-0.39, 0.29) is 0 Å². The van der Waals surface area contributed by atoms with E-state index in [1.807, 2.05) is 6.07 Å². The quantitative estimate of drug-likeness (QED) is 0.739. The zero-order valence-corrected chi connectivity index (χ0v) is 14.9. The minimum absolute atomic E-state index is 0.713. The summed E-state index contributed by atoms with van der Waals surface area (Å²) < 4.78 is 7.44. The molecule has 0 heterocycles. The molecule has 0 fully saturated rings. The van der Waals surface area contributed by atoms with Gasteiger partial charge in [-0.1, -0.05) is 33.6 Å². The number of halogens is 2. The van der Waals surface area contributed by atoms with Crippen molar-refractivity contribution in [3.05, 3.63) is 56.0 Å². The van der Waals surface area contributed by atoms with Gasteiger partial charge >= 0.3 is 0 Å². The van der Waals surface area contributed by atoms with Crippen molar-refractivity contribution in [3.8, 4) is 5.75 Å². The van der Waals surface area contributed by atoms with Gasteiger partial charge in [-0.2, -0.15) is 0 Å². The molecule has 0 amide bonds. The highest BCUT2D eigenvalue weighted by molar-refractivity contribution is 9.11. The van der Waals surface area contributed by atoms with Crippen molar-refractivity contribution in [2.24, 2.45) is 0 Å². The lowest BCUT2D eigenvalue weighted by molar-refractivity contribution is 0.407. The Hall–Kier alpha value is -1.00. The second kappa shape index (κ2) is 6.64. The molecule has 0 atom stereocenters. The molecule has 0 aliphatic heterocycles. The SMILES string of the molecule is COc1c(Br)cc(Br)cc1CNc1ccc(C)cc1C. The maximum absolute atomic E-state index is 5.46. The molecular weight excluding hydrogens is 382 g/mol. The highest BCUT2D eigenvalue weighted by Gasteiger charge is 2.09. The predicted molar refractivity (Wildman–Crippen MR) is 91.6 cm³/mol. The fourth-order valence-electron chi connectivity index (χ4n) is 2.18. The van der Waals surface area contributed by atoms with Gasteiger partial charge in [-0.05, 0) is 53.5 Å². The lowest BCUT2D eigenvalue weighted by atomic mass is 10.1. The van der Waals surface area contributed by atoms with Gasteiger partial charge < -0.3 is 10.1 Å². The standard InChI is InChI=1S/C16H17Br2NO/c1-10-4-5-15(11(2)6-10)19-9-12-7-13(17)8-14(18)16(12)20-3/h4-8,19H,9H2,1-3H3. The van der Waals surface area contributed by atoms with E-state index < -0.39 is 0 Å². The van der Waals surface area contributed by atoms with E-state index in [9.17, 15) is 0 Å². The third kappa shape index (κ3) is 3.55. The molecule has 2 rings (SSSR count). The smallest absolute Gasteiger partial charge is 0.138 e. The molecule has 2 nitrogen and oxygen atoms in total. The summed E-state index contributed by atoms with van der Waals surface area (Å²) in [7, 11) is 1.69. The molecule has 1 N–H and O–H groups in total. The van der Waals surface area contributed by atoms with Gasteiger partial charge in [-0.3, -0.25) is 0 Å². The van der Waals surface area contributed by atoms with E-state index >= 15 is 0 Å². The molecule has 0 aromatic heterocycles. The molecule has 0 saturated heterocycles. The van der Waals surface area contributed by atoms with E-state index in [0.29, 0.717) is 6.54 Å². The number of hydrogen-bond acceptors (Lipinski definition) is 2. The van der Waals surface area contributed by atoms with Crippen LogP contribution >= 0.6 is 31.9 Å². The van der Waals surface area contributed by atoms with E-state index in [4.69, 9.17) is 4.74 Å². The second-order valence-corrected chi connectivity index (χ2v) is 6.52. The van der Waals surface area contributed by atoms with Gasteiger partial charge in [0.25, 0.3) is 0 Å². The first-order valence-electron chi connectivity index (χ1n) is 6.34. The summed E-state index contributed by atoms with van der Waals surface area (Å²) in [5, 5.41) is 3.46. The summed E-state index contributed by atoms with van der Waals surface area (Å²) in [5.41, 5.74) is 4.77. The van der Waals surface area contributed by atoms with Crippen molar-refractivity contribution in [2.45, 2.75) is 20.4 Å². The maximum atomic E-state index is 5.46. The van der Waals surface area contributed by atoms with Gasteiger partial charge in [-0.15, -0.1) is 0 Å². The van der Waals surface area contributed by atoms with Crippen molar-refractivity contribution >= 4 is 37.5 Å². The summed E-state index contributed by atoms with van der Waals surface area (Å²) in [4.78, 5) is 0. The molecule has 106 valence electrons. The van der Waals surface area contributed by atoms with Crippen LogP contribution in [0, 0.1) is 13.8 Å². The van der Waals surface area contributed by atoms with Crippen LogP contribution in [0.3, 0.4) is 0 Å². The van der Waals surface area contributed by atoms with Gasteiger partial charge in [0.05, 0.1) is 11.6 Å². The highest BCUT2D eigenvalue weighted by Crippen LogP contribution is 2.33. The molecule has 0 unspecified atom stereocenters. The number of methoxy groups -OCH3 is 1. The minimum Gasteiger partial charge on any atom is -0.495 e. The Morgan fingerprint density at radius 1 is 1.10 bits per heavy atom. The van der Waals surface area contributed by atoms with Gasteiger partial charge in [-0.25, -0.2) is 0 Å². The van der Waals surface area contributed by atoms with Crippen LogP contribution in [0.2, 0.25) is 0 Å². The molecule has 0 aliphatic rings. The van der Waals surface area contributed by atoms with Crippen LogP contribution in [0.15, 0.2) is 39.3 Å².